The SMILES string of the molecule is CN1C(=O)C(C)(C)c2ccc(F)c(CNCCC3CN(c4ccc5c(n4)CC(=O)CO5)C(=O)O3)c21. The second-order valence-corrected chi connectivity index (χ2v) is 9.61. The van der Waals surface area contributed by atoms with E-state index in [0.717, 1.165) is 5.56 Å². The number of hydrogen-bond acceptors (Lipinski definition) is 7. The first-order chi connectivity index (χ1) is 16.7. The number of ether oxygens (including phenoxy) is 2. The molecular formula is C25H27FN4O5. The number of nitrogens with one attached hydrogen (secondary N) is 1. The summed E-state index contributed by atoms with van der Waals surface area (Å²) in [5.41, 5.74) is 1.70. The average Bonchev–Trinajstić information content (AvgIpc) is 3.28. The highest BCUT2D eigenvalue weighted by Gasteiger charge is 2.44. The molecule has 0 bridgehead atoms. The van der Waals surface area contributed by atoms with Gasteiger partial charge in [-0.25, -0.2) is 14.2 Å². The van der Waals surface area contributed by atoms with Gasteiger partial charge in [-0.2, -0.15) is 0 Å². The molecule has 184 valence electrons. The van der Waals surface area contributed by atoms with E-state index in [1.807, 2.05) is 13.8 Å². The van der Waals surface area contributed by atoms with Gasteiger partial charge in [0.05, 0.1) is 29.8 Å². The van der Waals surface area contributed by atoms with Crippen LogP contribution in [0.1, 0.15) is 37.1 Å². The molecule has 3 aliphatic rings. The molecule has 0 saturated carbocycles. The third kappa shape index (κ3) is 4.01. The summed E-state index contributed by atoms with van der Waals surface area (Å²) in [4.78, 5) is 44.1. The number of anilines is 2. The van der Waals surface area contributed by atoms with Crippen LogP contribution in [-0.4, -0.2) is 55.6 Å². The molecule has 0 radical (unpaired) electrons. The number of Topliss-reactive ketones (excluding diaryl/α,β-unsaturated/α-hetero) is 1. The Hall–Kier alpha value is -3.53. The fourth-order valence-electron chi connectivity index (χ4n) is 4.92. The Morgan fingerprint density at radius 3 is 2.80 bits per heavy atom. The Morgan fingerprint density at radius 2 is 2.00 bits per heavy atom. The van der Waals surface area contributed by atoms with Gasteiger partial charge in [-0.05, 0) is 50.6 Å². The standard InChI is InChI=1S/C25H27FN4O5/c1-25(2)17-4-5-18(26)16(22(17)29(3)23(25)32)11-27-9-8-15-12-30(24(33)35-15)21-7-6-20-19(28-21)10-14(31)13-34-20/h4-7,15,27H,8-13H2,1-3H3. The van der Waals surface area contributed by atoms with Crippen LogP contribution >= 0.6 is 0 Å². The number of hydrogen-bond donors (Lipinski definition) is 1. The molecule has 4 heterocycles. The van der Waals surface area contributed by atoms with E-state index in [1.54, 1.807) is 25.2 Å². The number of halogens is 1. The zero-order valence-electron chi connectivity index (χ0n) is 19.9. The number of cyclic esters (lactones) is 1. The minimum Gasteiger partial charge on any atom is -0.484 e. The highest BCUT2D eigenvalue weighted by atomic mass is 19.1. The molecule has 2 amide bonds. The molecule has 0 aliphatic carbocycles. The van der Waals surface area contributed by atoms with Crippen LogP contribution in [0.15, 0.2) is 24.3 Å². The third-order valence-electron chi connectivity index (χ3n) is 6.84. The zero-order chi connectivity index (χ0) is 24.9. The van der Waals surface area contributed by atoms with E-state index in [2.05, 4.69) is 10.3 Å². The van der Waals surface area contributed by atoms with E-state index in [4.69, 9.17) is 9.47 Å². The highest BCUT2D eigenvalue weighted by molar-refractivity contribution is 6.08. The lowest BCUT2D eigenvalue weighted by atomic mass is 9.85. The molecule has 9 nitrogen and oxygen atoms in total. The second kappa shape index (κ2) is 8.60. The van der Waals surface area contributed by atoms with Gasteiger partial charge in [0.1, 0.15) is 30.1 Å². The summed E-state index contributed by atoms with van der Waals surface area (Å²) in [6.07, 6.45) is -0.164. The average molecular weight is 483 g/mol. The fraction of sp³-hybridized carbons (Fsp3) is 0.440. The third-order valence-corrected chi connectivity index (χ3v) is 6.84. The minimum atomic E-state index is -0.696. The van der Waals surface area contributed by atoms with E-state index < -0.39 is 11.5 Å². The normalized spacial score (nSPS) is 20.6. The van der Waals surface area contributed by atoms with Gasteiger partial charge in [-0.3, -0.25) is 14.5 Å². The van der Waals surface area contributed by atoms with Crippen LogP contribution in [-0.2, 0) is 32.7 Å². The van der Waals surface area contributed by atoms with Gasteiger partial charge >= 0.3 is 6.09 Å². The Labute approximate surface area is 202 Å². The number of carbonyl (C=O) groups excluding carboxylic acids is 3. The van der Waals surface area contributed by atoms with Crippen LogP contribution in [0.4, 0.5) is 20.7 Å². The van der Waals surface area contributed by atoms with Crippen molar-refractivity contribution in [3.05, 3.63) is 46.9 Å². The van der Waals surface area contributed by atoms with Crippen molar-refractivity contribution in [2.45, 2.75) is 44.8 Å². The molecule has 2 aromatic rings. The predicted octanol–water partition coefficient (Wildman–Crippen LogP) is 2.48. The van der Waals surface area contributed by atoms with Crippen LogP contribution in [0.5, 0.6) is 5.75 Å². The summed E-state index contributed by atoms with van der Waals surface area (Å²) < 4.78 is 25.5. The molecule has 5 rings (SSSR count). The lowest BCUT2D eigenvalue weighted by Crippen LogP contribution is -2.33. The Bertz CT molecular complexity index is 1230. The highest BCUT2D eigenvalue weighted by Crippen LogP contribution is 2.43. The largest absolute Gasteiger partial charge is 0.484 e. The molecule has 1 fully saturated rings. The first-order valence-electron chi connectivity index (χ1n) is 11.6. The Kier molecular flexibility index (Phi) is 5.71. The second-order valence-electron chi connectivity index (χ2n) is 9.61. The molecule has 1 atom stereocenters. The quantitative estimate of drug-likeness (QED) is 0.632. The summed E-state index contributed by atoms with van der Waals surface area (Å²) in [7, 11) is 1.67. The van der Waals surface area contributed by atoms with Gasteiger partial charge in [0.25, 0.3) is 0 Å². The predicted molar refractivity (Wildman–Crippen MR) is 125 cm³/mol. The van der Waals surface area contributed by atoms with Gasteiger partial charge in [-0.15, -0.1) is 0 Å². The van der Waals surface area contributed by atoms with Gasteiger partial charge < -0.3 is 19.7 Å². The summed E-state index contributed by atoms with van der Waals surface area (Å²) in [5, 5.41) is 3.22. The number of amides is 2. The number of aromatic nitrogens is 1. The van der Waals surface area contributed by atoms with Gasteiger partial charge in [0.15, 0.2) is 5.78 Å². The first kappa shape index (κ1) is 23.2. The number of benzene rings is 1. The van der Waals surface area contributed by atoms with Crippen molar-refractivity contribution in [3.8, 4) is 5.75 Å². The van der Waals surface area contributed by atoms with E-state index in [9.17, 15) is 18.8 Å². The number of ketones is 1. The Balaban J connectivity index is 1.20. The van der Waals surface area contributed by atoms with Crippen molar-refractivity contribution in [3.63, 3.8) is 0 Å². The minimum absolute atomic E-state index is 0.0366. The summed E-state index contributed by atoms with van der Waals surface area (Å²) in [6, 6.07) is 6.47. The Morgan fingerprint density at radius 1 is 1.20 bits per heavy atom. The van der Waals surface area contributed by atoms with Crippen molar-refractivity contribution in [2.24, 2.45) is 0 Å². The number of likely N-dealkylation sites (N-methyl/N-ethyl adjacent to an activating group) is 1. The maximum absolute atomic E-state index is 14.7. The van der Waals surface area contributed by atoms with E-state index >= 15 is 0 Å². The monoisotopic (exact) mass is 482 g/mol. The van der Waals surface area contributed by atoms with Crippen LogP contribution in [0, 0.1) is 5.82 Å². The molecule has 1 N–H and O–H groups in total. The van der Waals surface area contributed by atoms with E-state index in [0.29, 0.717) is 48.0 Å². The summed E-state index contributed by atoms with van der Waals surface area (Å²) >= 11 is 0. The molecule has 1 aromatic carbocycles. The van der Waals surface area contributed by atoms with Gasteiger partial charge in [0, 0.05) is 19.2 Å². The molecule has 3 aliphatic heterocycles. The smallest absolute Gasteiger partial charge is 0.415 e. The van der Waals surface area contributed by atoms with Crippen LogP contribution < -0.4 is 19.9 Å². The first-order valence-corrected chi connectivity index (χ1v) is 11.6. The molecule has 1 aromatic heterocycles. The lowest BCUT2D eigenvalue weighted by Gasteiger charge is -2.18. The molecule has 35 heavy (non-hydrogen) atoms. The number of fused-ring (bicyclic) bond motifs is 2. The number of pyridine rings is 1. The number of carbonyl (C=O) groups is 3. The molecule has 10 heteroatoms. The van der Waals surface area contributed by atoms with Crippen molar-refractivity contribution in [1.29, 1.82) is 0 Å². The van der Waals surface area contributed by atoms with E-state index in [-0.39, 0.29) is 43.2 Å². The summed E-state index contributed by atoms with van der Waals surface area (Å²) in [6.45, 7) is 4.77. The molecular weight excluding hydrogens is 455 g/mol. The van der Waals surface area contributed by atoms with Gasteiger partial charge in [-0.1, -0.05) is 6.07 Å². The molecule has 0 spiro atoms. The maximum atomic E-state index is 14.7. The molecule has 1 unspecified atom stereocenters. The maximum Gasteiger partial charge on any atom is 0.415 e. The lowest BCUT2D eigenvalue weighted by molar-refractivity contribution is -0.122. The van der Waals surface area contributed by atoms with Crippen LogP contribution in [0.3, 0.4) is 0 Å². The van der Waals surface area contributed by atoms with Crippen LogP contribution in [0.25, 0.3) is 0 Å². The number of rotatable bonds is 6. The van der Waals surface area contributed by atoms with E-state index in [1.165, 1.54) is 15.9 Å². The van der Waals surface area contributed by atoms with Crippen molar-refractivity contribution >= 4 is 29.3 Å². The van der Waals surface area contributed by atoms with Gasteiger partial charge in [0.2, 0.25) is 5.91 Å². The van der Waals surface area contributed by atoms with Crippen LogP contribution in [0.2, 0.25) is 0 Å². The molecule has 1 saturated heterocycles. The van der Waals surface area contributed by atoms with Crippen molar-refractivity contribution in [1.82, 2.24) is 10.3 Å². The zero-order valence-corrected chi connectivity index (χ0v) is 19.9. The number of nitrogens with zero attached hydrogens (tertiary/aromatic N) is 3. The fourth-order valence-corrected chi connectivity index (χ4v) is 4.92. The summed E-state index contributed by atoms with van der Waals surface area (Å²) in [5.74, 6) is 0.475. The van der Waals surface area contributed by atoms with Crippen molar-refractivity contribution < 1.29 is 28.2 Å². The topological polar surface area (TPSA) is 101 Å². The van der Waals surface area contributed by atoms with Crippen molar-refractivity contribution in [2.75, 3.05) is 36.5 Å².